The minimum absolute atomic E-state index is 0.0191. The monoisotopic (exact) mass is 358 g/mol. The molecule has 3 aromatic rings. The summed E-state index contributed by atoms with van der Waals surface area (Å²) in [7, 11) is 0. The summed E-state index contributed by atoms with van der Waals surface area (Å²) in [6, 6.07) is 11.8. The van der Waals surface area contributed by atoms with Crippen LogP contribution >= 0.6 is 11.6 Å². The van der Waals surface area contributed by atoms with Gasteiger partial charge in [-0.2, -0.15) is 0 Å². The summed E-state index contributed by atoms with van der Waals surface area (Å²) < 4.78 is 14.7. The molecule has 0 atom stereocenters. The molecule has 0 unspecified atom stereocenters. The van der Waals surface area contributed by atoms with E-state index in [9.17, 15) is 9.18 Å². The number of carbonyl (C=O) groups excluding carboxylic acids is 1. The summed E-state index contributed by atoms with van der Waals surface area (Å²) in [6.45, 7) is 3.78. The van der Waals surface area contributed by atoms with Gasteiger partial charge >= 0.3 is 0 Å². The van der Waals surface area contributed by atoms with Crippen LogP contribution in [0.1, 0.15) is 28.7 Å². The average Bonchev–Trinajstić information content (AvgIpc) is 2.99. The summed E-state index contributed by atoms with van der Waals surface area (Å²) in [5.41, 5.74) is 3.13. The molecule has 0 aliphatic carbocycles. The predicted molar refractivity (Wildman–Crippen MR) is 94.8 cm³/mol. The van der Waals surface area contributed by atoms with Crippen LogP contribution in [0.4, 0.5) is 10.1 Å². The van der Waals surface area contributed by atoms with E-state index in [1.165, 1.54) is 28.4 Å². The van der Waals surface area contributed by atoms with Crippen molar-refractivity contribution in [2.75, 3.05) is 5.32 Å². The van der Waals surface area contributed by atoms with Gasteiger partial charge in [0.2, 0.25) is 0 Å². The number of hydrogen-bond acceptors (Lipinski definition) is 3. The van der Waals surface area contributed by atoms with Crippen LogP contribution < -0.4 is 5.32 Å². The minimum Gasteiger partial charge on any atom is -0.321 e. The fraction of sp³-hybridized carbons (Fsp3) is 0.167. The van der Waals surface area contributed by atoms with Crippen molar-refractivity contribution in [3.05, 3.63) is 70.3 Å². The maximum Gasteiger partial charge on any atom is 0.278 e. The Morgan fingerprint density at radius 2 is 1.96 bits per heavy atom. The molecule has 0 saturated heterocycles. The topological polar surface area (TPSA) is 59.8 Å². The Hall–Kier alpha value is -2.73. The van der Waals surface area contributed by atoms with Crippen molar-refractivity contribution in [1.29, 1.82) is 0 Å². The standard InChI is InChI=1S/C18H16ClFN4O/c1-3-12-4-6-13(7-5-12)21-18(25)17-11(2)24(23-22-17)14-8-9-16(20)15(19)10-14/h4-10H,3H2,1-2H3,(H,21,25). The lowest BCUT2D eigenvalue weighted by atomic mass is 10.1. The number of aryl methyl sites for hydroxylation is 1. The number of halogens is 2. The molecule has 1 aromatic heterocycles. The molecule has 128 valence electrons. The van der Waals surface area contributed by atoms with E-state index in [1.54, 1.807) is 6.92 Å². The van der Waals surface area contributed by atoms with E-state index in [0.29, 0.717) is 17.1 Å². The fourth-order valence-corrected chi connectivity index (χ4v) is 2.59. The molecule has 0 radical (unpaired) electrons. The number of hydrogen-bond donors (Lipinski definition) is 1. The molecule has 0 spiro atoms. The van der Waals surface area contributed by atoms with E-state index in [4.69, 9.17) is 11.6 Å². The maximum atomic E-state index is 13.3. The smallest absolute Gasteiger partial charge is 0.278 e. The first-order valence-corrected chi connectivity index (χ1v) is 8.15. The highest BCUT2D eigenvalue weighted by Crippen LogP contribution is 2.20. The van der Waals surface area contributed by atoms with Gasteiger partial charge in [0.1, 0.15) is 5.82 Å². The SMILES string of the molecule is CCc1ccc(NC(=O)c2nnn(-c3ccc(F)c(Cl)c3)c2C)cc1. The highest BCUT2D eigenvalue weighted by atomic mass is 35.5. The van der Waals surface area contributed by atoms with E-state index in [1.807, 2.05) is 24.3 Å². The van der Waals surface area contributed by atoms with Crippen LogP contribution in [-0.2, 0) is 6.42 Å². The van der Waals surface area contributed by atoms with Gasteiger partial charge in [-0.1, -0.05) is 35.9 Å². The summed E-state index contributed by atoms with van der Waals surface area (Å²) in [6.07, 6.45) is 0.932. The fourth-order valence-electron chi connectivity index (χ4n) is 2.42. The zero-order valence-corrected chi connectivity index (χ0v) is 14.5. The van der Waals surface area contributed by atoms with Gasteiger partial charge in [-0.25, -0.2) is 9.07 Å². The van der Waals surface area contributed by atoms with Crippen LogP contribution in [0.5, 0.6) is 0 Å². The Morgan fingerprint density at radius 3 is 2.60 bits per heavy atom. The van der Waals surface area contributed by atoms with Crippen LogP contribution in [0, 0.1) is 12.7 Å². The molecule has 1 heterocycles. The molecule has 0 bridgehead atoms. The van der Waals surface area contributed by atoms with E-state index in [0.717, 1.165) is 6.42 Å². The van der Waals surface area contributed by atoms with Crippen LogP contribution in [0.15, 0.2) is 42.5 Å². The Labute approximate surface area is 149 Å². The number of nitrogens with one attached hydrogen (secondary N) is 1. The summed E-state index contributed by atoms with van der Waals surface area (Å²) in [5, 5.41) is 10.7. The molecule has 2 aromatic carbocycles. The number of benzene rings is 2. The van der Waals surface area contributed by atoms with Crippen molar-refractivity contribution in [1.82, 2.24) is 15.0 Å². The lowest BCUT2D eigenvalue weighted by molar-refractivity contribution is 0.102. The van der Waals surface area contributed by atoms with Gasteiger partial charge in [0.05, 0.1) is 16.4 Å². The number of aromatic nitrogens is 3. The molecule has 0 aliphatic rings. The van der Waals surface area contributed by atoms with Gasteiger partial charge in [0, 0.05) is 5.69 Å². The molecule has 7 heteroatoms. The van der Waals surface area contributed by atoms with E-state index in [2.05, 4.69) is 22.6 Å². The Bertz CT molecular complexity index is 921. The van der Waals surface area contributed by atoms with Crippen LogP contribution in [0.3, 0.4) is 0 Å². The van der Waals surface area contributed by atoms with Gasteiger partial charge in [-0.05, 0) is 49.2 Å². The number of carbonyl (C=O) groups is 1. The van der Waals surface area contributed by atoms with Gasteiger partial charge < -0.3 is 5.32 Å². The lowest BCUT2D eigenvalue weighted by Crippen LogP contribution is -2.14. The predicted octanol–water partition coefficient (Wildman–Crippen LogP) is 4.18. The van der Waals surface area contributed by atoms with Crippen molar-refractivity contribution >= 4 is 23.2 Å². The molecule has 0 fully saturated rings. The third kappa shape index (κ3) is 3.53. The number of nitrogens with zero attached hydrogens (tertiary/aromatic N) is 3. The molecule has 0 saturated carbocycles. The molecular weight excluding hydrogens is 343 g/mol. The molecule has 25 heavy (non-hydrogen) atoms. The first kappa shape index (κ1) is 17.1. The normalized spacial score (nSPS) is 10.7. The molecule has 3 rings (SSSR count). The third-order valence-corrected chi connectivity index (χ3v) is 4.17. The van der Waals surface area contributed by atoms with Crippen LogP contribution in [-0.4, -0.2) is 20.9 Å². The van der Waals surface area contributed by atoms with Crippen molar-refractivity contribution in [2.24, 2.45) is 0 Å². The Kier molecular flexibility index (Phi) is 4.81. The Morgan fingerprint density at radius 1 is 1.24 bits per heavy atom. The van der Waals surface area contributed by atoms with E-state index < -0.39 is 5.82 Å². The van der Waals surface area contributed by atoms with Crippen molar-refractivity contribution in [2.45, 2.75) is 20.3 Å². The second-order valence-electron chi connectivity index (χ2n) is 5.54. The highest BCUT2D eigenvalue weighted by molar-refractivity contribution is 6.30. The number of amides is 1. The van der Waals surface area contributed by atoms with Crippen LogP contribution in [0.25, 0.3) is 5.69 Å². The molecule has 1 N–H and O–H groups in total. The number of anilines is 1. The van der Waals surface area contributed by atoms with Gasteiger partial charge in [-0.15, -0.1) is 5.10 Å². The number of rotatable bonds is 4. The first-order chi connectivity index (χ1) is 12.0. The molecule has 5 nitrogen and oxygen atoms in total. The van der Waals surface area contributed by atoms with Gasteiger partial charge in [-0.3, -0.25) is 4.79 Å². The largest absolute Gasteiger partial charge is 0.321 e. The first-order valence-electron chi connectivity index (χ1n) is 7.77. The second kappa shape index (κ2) is 7.03. The summed E-state index contributed by atoms with van der Waals surface area (Å²) in [5.74, 6) is -0.877. The van der Waals surface area contributed by atoms with Crippen molar-refractivity contribution < 1.29 is 9.18 Å². The zero-order valence-electron chi connectivity index (χ0n) is 13.8. The summed E-state index contributed by atoms with van der Waals surface area (Å²) >= 11 is 5.80. The van der Waals surface area contributed by atoms with Crippen molar-refractivity contribution in [3.8, 4) is 5.69 Å². The summed E-state index contributed by atoms with van der Waals surface area (Å²) in [4.78, 5) is 12.4. The van der Waals surface area contributed by atoms with Gasteiger partial charge in [0.25, 0.3) is 5.91 Å². The zero-order chi connectivity index (χ0) is 18.0. The Balaban J connectivity index is 1.84. The van der Waals surface area contributed by atoms with E-state index in [-0.39, 0.29) is 16.6 Å². The lowest BCUT2D eigenvalue weighted by Gasteiger charge is -2.06. The average molecular weight is 359 g/mol. The molecule has 1 amide bonds. The molecule has 0 aliphatic heterocycles. The maximum absolute atomic E-state index is 13.3. The molecular formula is C18H16ClFN4O. The van der Waals surface area contributed by atoms with Gasteiger partial charge in [0.15, 0.2) is 5.69 Å². The minimum atomic E-state index is -0.517. The second-order valence-corrected chi connectivity index (χ2v) is 5.95. The third-order valence-electron chi connectivity index (χ3n) is 3.88. The van der Waals surface area contributed by atoms with Crippen LogP contribution in [0.2, 0.25) is 5.02 Å². The quantitative estimate of drug-likeness (QED) is 0.761. The van der Waals surface area contributed by atoms with Crippen molar-refractivity contribution in [3.63, 3.8) is 0 Å². The highest BCUT2D eigenvalue weighted by Gasteiger charge is 2.18. The van der Waals surface area contributed by atoms with E-state index >= 15 is 0 Å².